The molecule has 0 fully saturated rings. The number of anilines is 2. The number of benzene rings is 1. The first-order valence-corrected chi connectivity index (χ1v) is 12.2. The predicted octanol–water partition coefficient (Wildman–Crippen LogP) is 5.88. The maximum Gasteiger partial charge on any atom is 0.230 e. The normalized spacial score (nSPS) is 12.8. The SMILES string of the molecule is CC(=O)N(c1nc(CSc2nc3c(cc2C#N)CCCC3)cs1)c1cccc(C)c1C. The molecule has 1 aromatic carbocycles. The monoisotopic (exact) mass is 448 g/mol. The molecule has 0 saturated carbocycles. The Morgan fingerprint density at radius 3 is 2.84 bits per heavy atom. The molecule has 2 aromatic heterocycles. The van der Waals surface area contributed by atoms with E-state index < -0.39 is 0 Å². The molecule has 2 heterocycles. The molecule has 7 heteroatoms. The zero-order chi connectivity index (χ0) is 22.0. The van der Waals surface area contributed by atoms with Crippen molar-refractivity contribution in [2.45, 2.75) is 57.2 Å². The van der Waals surface area contributed by atoms with Gasteiger partial charge in [0.15, 0.2) is 5.13 Å². The number of thioether (sulfide) groups is 1. The van der Waals surface area contributed by atoms with Crippen molar-refractivity contribution in [3.63, 3.8) is 0 Å². The van der Waals surface area contributed by atoms with Gasteiger partial charge in [-0.25, -0.2) is 9.97 Å². The van der Waals surface area contributed by atoms with Crippen LogP contribution < -0.4 is 4.90 Å². The standard InChI is InChI=1S/C24H24N4OS2/c1-15-7-6-10-22(16(15)2)28(17(3)29)24-26-20(14-31-24)13-30-23-19(12-25)11-18-8-4-5-9-21(18)27-23/h6-7,10-11,14H,4-5,8-9,13H2,1-3H3. The van der Waals surface area contributed by atoms with Gasteiger partial charge in [-0.1, -0.05) is 23.9 Å². The van der Waals surface area contributed by atoms with E-state index in [-0.39, 0.29) is 5.91 Å². The largest absolute Gasteiger partial charge is 0.274 e. The zero-order valence-corrected chi connectivity index (χ0v) is 19.6. The van der Waals surface area contributed by atoms with Crippen molar-refractivity contribution >= 4 is 39.8 Å². The van der Waals surface area contributed by atoms with Crippen LogP contribution in [0.4, 0.5) is 10.8 Å². The van der Waals surface area contributed by atoms with Crippen molar-refractivity contribution in [3.05, 3.63) is 63.3 Å². The van der Waals surface area contributed by atoms with E-state index >= 15 is 0 Å². The lowest BCUT2D eigenvalue weighted by atomic mass is 9.95. The van der Waals surface area contributed by atoms with E-state index in [1.165, 1.54) is 35.1 Å². The molecule has 4 rings (SSSR count). The third-order valence-electron chi connectivity index (χ3n) is 5.61. The van der Waals surface area contributed by atoms with E-state index in [0.717, 1.165) is 52.5 Å². The number of aryl methyl sites for hydroxylation is 3. The van der Waals surface area contributed by atoms with Crippen LogP contribution in [0.1, 0.15) is 53.4 Å². The summed E-state index contributed by atoms with van der Waals surface area (Å²) in [5.74, 6) is 0.542. The van der Waals surface area contributed by atoms with Crippen molar-refractivity contribution in [1.82, 2.24) is 9.97 Å². The Labute approximate surface area is 191 Å². The topological polar surface area (TPSA) is 69.9 Å². The number of amides is 1. The van der Waals surface area contributed by atoms with Crippen LogP contribution in [0.5, 0.6) is 0 Å². The summed E-state index contributed by atoms with van der Waals surface area (Å²) in [6.45, 7) is 5.63. The van der Waals surface area contributed by atoms with Gasteiger partial charge in [0.2, 0.25) is 5.91 Å². The van der Waals surface area contributed by atoms with Gasteiger partial charge in [-0.15, -0.1) is 11.3 Å². The summed E-state index contributed by atoms with van der Waals surface area (Å²) in [4.78, 5) is 23.7. The lowest BCUT2D eigenvalue weighted by Crippen LogP contribution is -2.23. The minimum absolute atomic E-state index is 0.0645. The number of carbonyl (C=O) groups is 1. The number of rotatable bonds is 5. The maximum absolute atomic E-state index is 12.5. The Balaban J connectivity index is 1.56. The second-order valence-electron chi connectivity index (χ2n) is 7.75. The summed E-state index contributed by atoms with van der Waals surface area (Å²) in [7, 11) is 0. The van der Waals surface area contributed by atoms with Gasteiger partial charge in [-0.3, -0.25) is 9.69 Å². The van der Waals surface area contributed by atoms with Crippen LogP contribution in [0.25, 0.3) is 0 Å². The molecule has 31 heavy (non-hydrogen) atoms. The molecule has 3 aromatic rings. The number of pyridine rings is 1. The number of hydrogen-bond donors (Lipinski definition) is 0. The second-order valence-corrected chi connectivity index (χ2v) is 9.55. The van der Waals surface area contributed by atoms with E-state index in [4.69, 9.17) is 9.97 Å². The van der Waals surface area contributed by atoms with Gasteiger partial charge in [-0.2, -0.15) is 5.26 Å². The van der Waals surface area contributed by atoms with Crippen molar-refractivity contribution in [3.8, 4) is 6.07 Å². The summed E-state index contributed by atoms with van der Waals surface area (Å²) in [6.07, 6.45) is 4.32. The number of nitrogens with zero attached hydrogens (tertiary/aromatic N) is 4. The lowest BCUT2D eigenvalue weighted by Gasteiger charge is -2.21. The molecule has 0 N–H and O–H groups in total. The minimum Gasteiger partial charge on any atom is -0.274 e. The Morgan fingerprint density at radius 1 is 1.26 bits per heavy atom. The fourth-order valence-corrected chi connectivity index (χ4v) is 5.65. The van der Waals surface area contributed by atoms with E-state index in [2.05, 4.69) is 6.07 Å². The summed E-state index contributed by atoms with van der Waals surface area (Å²) in [6, 6.07) is 10.3. The highest BCUT2D eigenvalue weighted by Gasteiger charge is 2.21. The van der Waals surface area contributed by atoms with Crippen LogP contribution in [0.3, 0.4) is 0 Å². The highest BCUT2D eigenvalue weighted by molar-refractivity contribution is 7.98. The second kappa shape index (κ2) is 9.21. The van der Waals surface area contributed by atoms with Gasteiger partial charge in [0, 0.05) is 23.8 Å². The number of carbonyl (C=O) groups excluding carboxylic acids is 1. The Hall–Kier alpha value is -2.69. The minimum atomic E-state index is -0.0645. The van der Waals surface area contributed by atoms with Crippen LogP contribution in [-0.4, -0.2) is 15.9 Å². The van der Waals surface area contributed by atoms with Gasteiger partial charge in [0.25, 0.3) is 0 Å². The summed E-state index contributed by atoms with van der Waals surface area (Å²) < 4.78 is 0. The van der Waals surface area contributed by atoms with Crippen molar-refractivity contribution in [2.75, 3.05) is 4.90 Å². The first-order chi connectivity index (χ1) is 15.0. The number of hydrogen-bond acceptors (Lipinski definition) is 6. The molecule has 0 atom stereocenters. The van der Waals surface area contributed by atoms with Gasteiger partial charge < -0.3 is 0 Å². The van der Waals surface area contributed by atoms with Gasteiger partial charge in [-0.05, 0) is 68.4 Å². The molecule has 0 saturated heterocycles. The number of thiazole rings is 1. The van der Waals surface area contributed by atoms with E-state index in [1.54, 1.807) is 11.8 Å². The third-order valence-corrected chi connectivity index (χ3v) is 7.51. The fraction of sp³-hybridized carbons (Fsp3) is 0.333. The maximum atomic E-state index is 12.5. The van der Waals surface area contributed by atoms with Crippen LogP contribution >= 0.6 is 23.1 Å². The molecule has 0 bridgehead atoms. The molecule has 1 aliphatic rings. The highest BCUT2D eigenvalue weighted by atomic mass is 32.2. The van der Waals surface area contributed by atoms with E-state index in [0.29, 0.717) is 16.4 Å². The molecular formula is C24H24N4OS2. The molecule has 5 nitrogen and oxygen atoms in total. The van der Waals surface area contributed by atoms with Crippen molar-refractivity contribution < 1.29 is 4.79 Å². The number of fused-ring (bicyclic) bond motifs is 1. The van der Waals surface area contributed by atoms with Crippen molar-refractivity contribution in [2.24, 2.45) is 0 Å². The quantitative estimate of drug-likeness (QED) is 0.456. The first-order valence-electron chi connectivity index (χ1n) is 10.3. The average molecular weight is 449 g/mol. The molecule has 0 unspecified atom stereocenters. The molecule has 0 aliphatic heterocycles. The van der Waals surface area contributed by atoms with Crippen molar-refractivity contribution in [1.29, 1.82) is 5.26 Å². The fourth-order valence-electron chi connectivity index (χ4n) is 3.80. The van der Waals surface area contributed by atoms with Gasteiger partial charge in [0.1, 0.15) is 11.1 Å². The molecule has 1 aliphatic carbocycles. The zero-order valence-electron chi connectivity index (χ0n) is 17.9. The number of nitriles is 1. The van der Waals surface area contributed by atoms with E-state index in [1.807, 2.05) is 43.5 Å². The van der Waals surface area contributed by atoms with Crippen LogP contribution in [0.15, 0.2) is 34.7 Å². The lowest BCUT2D eigenvalue weighted by molar-refractivity contribution is -0.115. The van der Waals surface area contributed by atoms with Gasteiger partial charge in [0.05, 0.1) is 16.9 Å². The van der Waals surface area contributed by atoms with Gasteiger partial charge >= 0.3 is 0 Å². The number of aromatic nitrogens is 2. The van der Waals surface area contributed by atoms with Crippen LogP contribution in [0.2, 0.25) is 0 Å². The van der Waals surface area contributed by atoms with E-state index in [9.17, 15) is 10.1 Å². The Morgan fingerprint density at radius 2 is 2.06 bits per heavy atom. The summed E-state index contributed by atoms with van der Waals surface area (Å²) >= 11 is 3.00. The molecule has 0 spiro atoms. The Bertz CT molecular complexity index is 1180. The molecule has 1 amide bonds. The summed E-state index contributed by atoms with van der Waals surface area (Å²) in [5, 5.41) is 13.0. The molecular weight excluding hydrogens is 424 g/mol. The molecule has 0 radical (unpaired) electrons. The third kappa shape index (κ3) is 4.51. The first kappa shape index (κ1) is 21.5. The predicted molar refractivity (Wildman–Crippen MR) is 126 cm³/mol. The average Bonchev–Trinajstić information content (AvgIpc) is 3.22. The molecule has 158 valence electrons. The van der Waals surface area contributed by atoms with Crippen LogP contribution in [0, 0.1) is 25.2 Å². The highest BCUT2D eigenvalue weighted by Crippen LogP contribution is 2.34. The Kier molecular flexibility index (Phi) is 6.40. The summed E-state index contributed by atoms with van der Waals surface area (Å²) in [5.41, 5.74) is 6.94. The smallest absolute Gasteiger partial charge is 0.230 e. The van der Waals surface area contributed by atoms with Crippen LogP contribution in [-0.2, 0) is 23.4 Å².